The molecular weight excluding hydrogens is 408 g/mol. The van der Waals surface area contributed by atoms with Gasteiger partial charge in [-0.3, -0.25) is 14.9 Å². The lowest BCUT2D eigenvalue weighted by atomic mass is 10.2. The van der Waals surface area contributed by atoms with Gasteiger partial charge in [0.1, 0.15) is 12.3 Å². The lowest BCUT2D eigenvalue weighted by molar-refractivity contribution is -0.382. The number of esters is 1. The van der Waals surface area contributed by atoms with Crippen molar-refractivity contribution in [3.05, 3.63) is 45.5 Å². The van der Waals surface area contributed by atoms with Gasteiger partial charge in [0.05, 0.1) is 4.92 Å². The molecule has 3 rings (SSSR count). The summed E-state index contributed by atoms with van der Waals surface area (Å²) in [6.07, 6.45) is 0.262. The number of halogens is 1. The first-order valence-corrected chi connectivity index (χ1v) is 9.45. The van der Waals surface area contributed by atoms with Crippen molar-refractivity contribution in [3.63, 3.8) is 0 Å². The van der Waals surface area contributed by atoms with E-state index in [0.29, 0.717) is 9.92 Å². The number of benzene rings is 2. The summed E-state index contributed by atoms with van der Waals surface area (Å²) in [7, 11) is 0. The highest BCUT2D eigenvalue weighted by Crippen LogP contribution is 2.40. The Bertz CT molecular complexity index is 1010. The number of hydrogen-bond donors (Lipinski definition) is 1. The highest BCUT2D eigenvalue weighted by molar-refractivity contribution is 7.99. The fourth-order valence-corrected chi connectivity index (χ4v) is 3.44. The minimum Gasteiger partial charge on any atom is -0.464 e. The molecule has 1 heterocycles. The monoisotopic (exact) mass is 422 g/mol. The van der Waals surface area contributed by atoms with Crippen molar-refractivity contribution in [2.45, 2.75) is 23.1 Å². The Labute approximate surface area is 168 Å². The van der Waals surface area contributed by atoms with Crippen molar-refractivity contribution in [1.82, 2.24) is 10.3 Å². The smallest absolute Gasteiger partial charge is 0.323 e. The van der Waals surface area contributed by atoms with Crippen molar-refractivity contribution in [3.8, 4) is 0 Å². The van der Waals surface area contributed by atoms with E-state index in [1.54, 1.807) is 25.1 Å². The van der Waals surface area contributed by atoms with Crippen molar-refractivity contribution < 1.29 is 19.1 Å². The fraction of sp³-hybridized carbons (Fsp3) is 0.235. The molecule has 0 fully saturated rings. The van der Waals surface area contributed by atoms with E-state index >= 15 is 0 Å². The van der Waals surface area contributed by atoms with Gasteiger partial charge in [-0.1, -0.05) is 30.3 Å². The Balaban J connectivity index is 1.91. The Morgan fingerprint density at radius 3 is 2.71 bits per heavy atom. The number of anilines is 1. The lowest BCUT2D eigenvalue weighted by Crippen LogP contribution is -2.14. The van der Waals surface area contributed by atoms with Crippen molar-refractivity contribution in [1.29, 1.82) is 0 Å². The number of nitro benzene ring substituents is 1. The molecule has 0 bridgehead atoms. The standard InChI is InChI=1S/C17H15ClN4O5S/c1-2-14(23)26-8-7-19-12-9-13(28-11-5-3-10(18)4-6-11)15-16(21-27-20-15)17(12)22(24)25/h3-6,9,19H,2,7-8H2,1H3. The molecule has 28 heavy (non-hydrogen) atoms. The molecule has 0 aliphatic carbocycles. The highest BCUT2D eigenvalue weighted by Gasteiger charge is 2.26. The number of aromatic nitrogens is 2. The molecule has 0 aliphatic heterocycles. The van der Waals surface area contributed by atoms with Crippen LogP contribution in [-0.2, 0) is 9.53 Å². The van der Waals surface area contributed by atoms with Crippen LogP contribution in [-0.4, -0.2) is 34.4 Å². The molecule has 0 atom stereocenters. The Hall–Kier alpha value is -2.85. The van der Waals surface area contributed by atoms with E-state index in [1.807, 2.05) is 12.1 Å². The third kappa shape index (κ3) is 4.52. The summed E-state index contributed by atoms with van der Waals surface area (Å²) in [6.45, 7) is 1.97. The van der Waals surface area contributed by atoms with Crippen LogP contribution in [0.2, 0.25) is 5.02 Å². The molecule has 0 saturated heterocycles. The number of nitro groups is 1. The maximum Gasteiger partial charge on any atom is 0.323 e. The number of fused-ring (bicyclic) bond motifs is 1. The molecule has 0 aliphatic rings. The van der Waals surface area contributed by atoms with E-state index in [4.69, 9.17) is 21.0 Å². The first-order valence-electron chi connectivity index (χ1n) is 8.26. The molecule has 1 aromatic heterocycles. The van der Waals surface area contributed by atoms with Gasteiger partial charge in [0.15, 0.2) is 5.52 Å². The summed E-state index contributed by atoms with van der Waals surface area (Å²) in [6, 6.07) is 8.74. The molecule has 11 heteroatoms. The van der Waals surface area contributed by atoms with Crippen LogP contribution in [0.15, 0.2) is 44.8 Å². The van der Waals surface area contributed by atoms with Crippen LogP contribution < -0.4 is 5.32 Å². The topological polar surface area (TPSA) is 120 Å². The van der Waals surface area contributed by atoms with Gasteiger partial charge in [-0.05, 0) is 40.6 Å². The molecule has 0 amide bonds. The number of ether oxygens (including phenoxy) is 1. The summed E-state index contributed by atoms with van der Waals surface area (Å²) < 4.78 is 9.73. The maximum atomic E-state index is 11.6. The van der Waals surface area contributed by atoms with Gasteiger partial charge in [0, 0.05) is 27.8 Å². The van der Waals surface area contributed by atoms with Gasteiger partial charge < -0.3 is 10.1 Å². The second kappa shape index (κ2) is 8.89. The van der Waals surface area contributed by atoms with Crippen LogP contribution in [0, 0.1) is 10.1 Å². The minimum absolute atomic E-state index is 0.0389. The highest BCUT2D eigenvalue weighted by atomic mass is 35.5. The van der Waals surface area contributed by atoms with E-state index in [0.717, 1.165) is 4.90 Å². The second-order valence-corrected chi connectivity index (χ2v) is 7.10. The number of carbonyl (C=O) groups is 1. The Morgan fingerprint density at radius 2 is 2.04 bits per heavy atom. The van der Waals surface area contributed by atoms with Gasteiger partial charge in [-0.2, -0.15) is 0 Å². The number of hydrogen-bond acceptors (Lipinski definition) is 9. The fourth-order valence-electron chi connectivity index (χ4n) is 2.38. The molecule has 146 valence electrons. The molecule has 0 spiro atoms. The molecule has 3 aromatic rings. The largest absolute Gasteiger partial charge is 0.464 e. The molecular formula is C17H15ClN4O5S. The number of nitrogens with zero attached hydrogens (tertiary/aromatic N) is 3. The molecule has 0 saturated carbocycles. The third-order valence-electron chi connectivity index (χ3n) is 3.67. The Kier molecular flexibility index (Phi) is 6.32. The Morgan fingerprint density at radius 1 is 1.32 bits per heavy atom. The molecule has 2 aromatic carbocycles. The molecule has 0 radical (unpaired) electrons. The first kappa shape index (κ1) is 19.9. The van der Waals surface area contributed by atoms with E-state index < -0.39 is 4.92 Å². The van der Waals surface area contributed by atoms with Gasteiger partial charge in [-0.15, -0.1) is 0 Å². The predicted octanol–water partition coefficient (Wildman–Crippen LogP) is 4.30. The predicted molar refractivity (Wildman–Crippen MR) is 104 cm³/mol. The average Bonchev–Trinajstić information content (AvgIpc) is 3.16. The van der Waals surface area contributed by atoms with Crippen LogP contribution in [0.4, 0.5) is 11.4 Å². The van der Waals surface area contributed by atoms with Crippen molar-refractivity contribution >= 4 is 51.7 Å². The minimum atomic E-state index is -0.552. The summed E-state index contributed by atoms with van der Waals surface area (Å²) in [5.74, 6) is -0.341. The van der Waals surface area contributed by atoms with Gasteiger partial charge in [-0.25, -0.2) is 4.63 Å². The lowest BCUT2D eigenvalue weighted by Gasteiger charge is -2.10. The van der Waals surface area contributed by atoms with Crippen LogP contribution >= 0.6 is 23.4 Å². The van der Waals surface area contributed by atoms with Crippen molar-refractivity contribution in [2.24, 2.45) is 0 Å². The van der Waals surface area contributed by atoms with Crippen LogP contribution in [0.1, 0.15) is 13.3 Å². The van der Waals surface area contributed by atoms with Crippen LogP contribution in [0.3, 0.4) is 0 Å². The first-order chi connectivity index (χ1) is 13.5. The van der Waals surface area contributed by atoms with Crippen molar-refractivity contribution in [2.75, 3.05) is 18.5 Å². The molecule has 0 unspecified atom stereocenters. The number of rotatable bonds is 8. The summed E-state index contributed by atoms with van der Waals surface area (Å²) >= 11 is 7.25. The quantitative estimate of drug-likeness (QED) is 0.245. The molecule has 9 nitrogen and oxygen atoms in total. The van der Waals surface area contributed by atoms with Crippen LogP contribution in [0.5, 0.6) is 0 Å². The van der Waals surface area contributed by atoms with E-state index in [9.17, 15) is 14.9 Å². The average molecular weight is 423 g/mol. The zero-order chi connectivity index (χ0) is 20.1. The van der Waals surface area contributed by atoms with E-state index in [2.05, 4.69) is 15.6 Å². The SMILES string of the molecule is CCC(=O)OCCNc1cc(Sc2ccc(Cl)cc2)c2nonc2c1[N+](=O)[O-]. The van der Waals surface area contributed by atoms with Crippen LogP contribution in [0.25, 0.3) is 11.0 Å². The second-order valence-electron chi connectivity index (χ2n) is 5.55. The van der Waals surface area contributed by atoms with Gasteiger partial charge in [0.2, 0.25) is 5.52 Å². The maximum absolute atomic E-state index is 11.6. The number of carbonyl (C=O) groups excluding carboxylic acids is 1. The normalized spacial score (nSPS) is 10.8. The van der Waals surface area contributed by atoms with Gasteiger partial charge >= 0.3 is 11.7 Å². The van der Waals surface area contributed by atoms with Gasteiger partial charge in [0.25, 0.3) is 0 Å². The third-order valence-corrected chi connectivity index (χ3v) is 4.96. The summed E-state index contributed by atoms with van der Waals surface area (Å²) in [5.41, 5.74) is 0.308. The zero-order valence-corrected chi connectivity index (χ0v) is 16.2. The van der Waals surface area contributed by atoms with E-state index in [-0.39, 0.29) is 47.9 Å². The zero-order valence-electron chi connectivity index (χ0n) is 14.7. The van der Waals surface area contributed by atoms with E-state index in [1.165, 1.54) is 11.8 Å². The molecule has 1 N–H and O–H groups in total. The summed E-state index contributed by atoms with van der Waals surface area (Å²) in [5, 5.41) is 22.6. The number of nitrogens with one attached hydrogen (secondary N) is 1. The summed E-state index contributed by atoms with van der Waals surface area (Å²) in [4.78, 5) is 23.7.